The van der Waals surface area contributed by atoms with E-state index >= 15 is 0 Å². The smallest absolute Gasteiger partial charge is 0.225 e. The van der Waals surface area contributed by atoms with Gasteiger partial charge in [0.25, 0.3) is 0 Å². The summed E-state index contributed by atoms with van der Waals surface area (Å²) in [5.74, 6) is 1.82. The standard InChI is InChI=1S/C17H28N4O3S/c1-14-18-7-12-20(14)13-15-3-8-19(9-4-15)17(22)16-5-10-21(11-6-16)25(2,23)24/h7,12,15-16H,3-6,8-11,13H2,1-2H3. The zero-order chi connectivity index (χ0) is 18.0. The Balaban J connectivity index is 1.47. The van der Waals surface area contributed by atoms with Crippen LogP contribution >= 0.6 is 0 Å². The fraction of sp³-hybridized carbons (Fsp3) is 0.765. The van der Waals surface area contributed by atoms with Crippen LogP contribution in [0.2, 0.25) is 0 Å². The van der Waals surface area contributed by atoms with Crippen LogP contribution in [-0.4, -0.2) is 65.5 Å². The highest BCUT2D eigenvalue weighted by molar-refractivity contribution is 7.88. The number of aromatic nitrogens is 2. The molecule has 0 N–H and O–H groups in total. The minimum atomic E-state index is -3.13. The van der Waals surface area contributed by atoms with E-state index in [9.17, 15) is 13.2 Å². The Morgan fingerprint density at radius 1 is 1.16 bits per heavy atom. The molecule has 8 heteroatoms. The number of carbonyl (C=O) groups is 1. The van der Waals surface area contributed by atoms with Gasteiger partial charge < -0.3 is 9.47 Å². The third kappa shape index (κ3) is 4.41. The summed E-state index contributed by atoms with van der Waals surface area (Å²) in [7, 11) is -3.13. The van der Waals surface area contributed by atoms with Gasteiger partial charge in [-0.05, 0) is 38.5 Å². The fourth-order valence-corrected chi connectivity index (χ4v) is 4.78. The van der Waals surface area contributed by atoms with Gasteiger partial charge in [-0.2, -0.15) is 0 Å². The monoisotopic (exact) mass is 368 g/mol. The molecule has 0 atom stereocenters. The predicted molar refractivity (Wildman–Crippen MR) is 95.4 cm³/mol. The molecule has 0 aromatic carbocycles. The highest BCUT2D eigenvalue weighted by Crippen LogP contribution is 2.25. The first-order valence-corrected chi connectivity index (χ1v) is 10.9. The van der Waals surface area contributed by atoms with Gasteiger partial charge in [-0.15, -0.1) is 0 Å². The largest absolute Gasteiger partial charge is 0.342 e. The average molecular weight is 369 g/mol. The second kappa shape index (κ2) is 7.45. The molecule has 3 heterocycles. The molecule has 0 bridgehead atoms. The first-order valence-electron chi connectivity index (χ1n) is 9.06. The number of piperidine rings is 2. The van der Waals surface area contributed by atoms with Crippen molar-refractivity contribution in [2.24, 2.45) is 11.8 Å². The summed E-state index contributed by atoms with van der Waals surface area (Å²) in [5.41, 5.74) is 0. The van der Waals surface area contributed by atoms with Gasteiger partial charge in [0.15, 0.2) is 0 Å². The lowest BCUT2D eigenvalue weighted by Gasteiger charge is -2.37. The molecule has 2 saturated heterocycles. The van der Waals surface area contributed by atoms with Crippen LogP contribution in [0.4, 0.5) is 0 Å². The molecule has 0 radical (unpaired) electrons. The quantitative estimate of drug-likeness (QED) is 0.798. The van der Waals surface area contributed by atoms with Gasteiger partial charge in [0.1, 0.15) is 5.82 Å². The third-order valence-corrected chi connectivity index (χ3v) is 6.88. The summed E-state index contributed by atoms with van der Waals surface area (Å²) < 4.78 is 26.8. The predicted octanol–water partition coefficient (Wildman–Crippen LogP) is 1.10. The van der Waals surface area contributed by atoms with Crippen LogP contribution in [0.15, 0.2) is 12.4 Å². The van der Waals surface area contributed by atoms with Crippen molar-refractivity contribution in [1.29, 1.82) is 0 Å². The Kier molecular flexibility index (Phi) is 5.48. The van der Waals surface area contributed by atoms with Crippen molar-refractivity contribution < 1.29 is 13.2 Å². The zero-order valence-electron chi connectivity index (χ0n) is 15.1. The highest BCUT2D eigenvalue weighted by Gasteiger charge is 2.33. The van der Waals surface area contributed by atoms with Crippen LogP contribution in [0, 0.1) is 18.8 Å². The Labute approximate surface area is 150 Å². The fourth-order valence-electron chi connectivity index (χ4n) is 3.90. The summed E-state index contributed by atoms with van der Waals surface area (Å²) in [6, 6.07) is 0. The lowest BCUT2D eigenvalue weighted by atomic mass is 9.92. The summed E-state index contributed by atoms with van der Waals surface area (Å²) in [5, 5.41) is 0. The van der Waals surface area contributed by atoms with Gasteiger partial charge in [0, 0.05) is 51.0 Å². The first-order chi connectivity index (χ1) is 11.8. The maximum absolute atomic E-state index is 12.7. The summed E-state index contributed by atoms with van der Waals surface area (Å²) >= 11 is 0. The molecule has 1 aromatic rings. The number of hydrogen-bond donors (Lipinski definition) is 0. The summed E-state index contributed by atoms with van der Waals surface area (Å²) in [6.07, 6.45) is 8.40. The molecule has 3 rings (SSSR count). The van der Waals surface area contributed by atoms with Gasteiger partial charge in [0.05, 0.1) is 6.26 Å². The van der Waals surface area contributed by atoms with Crippen molar-refractivity contribution in [3.63, 3.8) is 0 Å². The molecule has 25 heavy (non-hydrogen) atoms. The molecule has 7 nitrogen and oxygen atoms in total. The van der Waals surface area contributed by atoms with Crippen LogP contribution < -0.4 is 0 Å². The number of nitrogens with zero attached hydrogens (tertiary/aromatic N) is 4. The van der Waals surface area contributed by atoms with E-state index in [1.807, 2.05) is 24.2 Å². The second-order valence-electron chi connectivity index (χ2n) is 7.33. The van der Waals surface area contributed by atoms with Crippen molar-refractivity contribution in [1.82, 2.24) is 18.8 Å². The number of carbonyl (C=O) groups excluding carboxylic acids is 1. The van der Waals surface area contributed by atoms with Gasteiger partial charge in [-0.3, -0.25) is 4.79 Å². The second-order valence-corrected chi connectivity index (χ2v) is 9.31. The lowest BCUT2D eigenvalue weighted by Crippen LogP contribution is -2.46. The Morgan fingerprint density at radius 3 is 2.32 bits per heavy atom. The number of amides is 1. The SMILES string of the molecule is Cc1nccn1CC1CCN(C(=O)C2CCN(S(C)(=O)=O)CC2)CC1. The van der Waals surface area contributed by atoms with Gasteiger partial charge >= 0.3 is 0 Å². The number of rotatable bonds is 4. The normalized spacial score (nSPS) is 21.6. The van der Waals surface area contributed by atoms with Crippen molar-refractivity contribution >= 4 is 15.9 Å². The van der Waals surface area contributed by atoms with Crippen LogP contribution in [0.25, 0.3) is 0 Å². The van der Waals surface area contributed by atoms with E-state index in [1.165, 1.54) is 10.6 Å². The third-order valence-electron chi connectivity index (χ3n) is 5.58. The Bertz CT molecular complexity index is 699. The molecule has 1 amide bonds. The number of imidazole rings is 1. The van der Waals surface area contributed by atoms with E-state index in [0.717, 1.165) is 38.3 Å². The minimum absolute atomic E-state index is 0.0227. The number of aryl methyl sites for hydroxylation is 1. The molecule has 2 aliphatic heterocycles. The maximum Gasteiger partial charge on any atom is 0.225 e. The molecular weight excluding hydrogens is 340 g/mol. The minimum Gasteiger partial charge on any atom is -0.342 e. The van der Waals surface area contributed by atoms with Crippen LogP contribution in [-0.2, 0) is 21.4 Å². The molecule has 0 saturated carbocycles. The molecule has 2 fully saturated rings. The lowest BCUT2D eigenvalue weighted by molar-refractivity contribution is -0.138. The molecule has 0 spiro atoms. The van der Waals surface area contributed by atoms with Crippen molar-refractivity contribution in [3.05, 3.63) is 18.2 Å². The topological polar surface area (TPSA) is 75.5 Å². The van der Waals surface area contributed by atoms with E-state index in [1.54, 1.807) is 0 Å². The van der Waals surface area contributed by atoms with Gasteiger partial charge in [0.2, 0.25) is 15.9 Å². The number of hydrogen-bond acceptors (Lipinski definition) is 4. The number of likely N-dealkylation sites (tertiary alicyclic amines) is 1. The molecule has 2 aliphatic rings. The van der Waals surface area contributed by atoms with Gasteiger partial charge in [-0.1, -0.05) is 0 Å². The average Bonchev–Trinajstić information content (AvgIpc) is 2.99. The Morgan fingerprint density at radius 2 is 1.80 bits per heavy atom. The van der Waals surface area contributed by atoms with E-state index < -0.39 is 10.0 Å². The molecule has 0 unspecified atom stereocenters. The maximum atomic E-state index is 12.7. The van der Waals surface area contributed by atoms with E-state index in [2.05, 4.69) is 9.55 Å². The molecule has 140 valence electrons. The molecular formula is C17H28N4O3S. The zero-order valence-corrected chi connectivity index (χ0v) is 15.9. The van der Waals surface area contributed by atoms with Crippen molar-refractivity contribution in [3.8, 4) is 0 Å². The van der Waals surface area contributed by atoms with Gasteiger partial charge in [-0.25, -0.2) is 17.7 Å². The van der Waals surface area contributed by atoms with Crippen molar-refractivity contribution in [2.45, 2.75) is 39.2 Å². The van der Waals surface area contributed by atoms with E-state index in [0.29, 0.717) is 31.8 Å². The van der Waals surface area contributed by atoms with Crippen molar-refractivity contribution in [2.75, 3.05) is 32.4 Å². The molecule has 0 aliphatic carbocycles. The first kappa shape index (κ1) is 18.4. The van der Waals surface area contributed by atoms with Crippen LogP contribution in [0.3, 0.4) is 0 Å². The van der Waals surface area contributed by atoms with E-state index in [4.69, 9.17) is 0 Å². The van der Waals surface area contributed by atoms with E-state index in [-0.39, 0.29) is 11.8 Å². The summed E-state index contributed by atoms with van der Waals surface area (Å²) in [4.78, 5) is 19.0. The highest BCUT2D eigenvalue weighted by atomic mass is 32.2. The Hall–Kier alpha value is -1.41. The summed E-state index contributed by atoms with van der Waals surface area (Å²) in [6.45, 7) is 5.53. The van der Waals surface area contributed by atoms with Crippen LogP contribution in [0.5, 0.6) is 0 Å². The van der Waals surface area contributed by atoms with Crippen LogP contribution in [0.1, 0.15) is 31.5 Å². The molecule has 1 aromatic heterocycles. The number of sulfonamides is 1.